The first-order valence-corrected chi connectivity index (χ1v) is 2.85. The monoisotopic (exact) mass is 109 g/mol. The van der Waals surface area contributed by atoms with Crippen LogP contribution in [-0.4, -0.2) is 13.2 Å². The van der Waals surface area contributed by atoms with Crippen LogP contribution >= 0.6 is 0 Å². The van der Waals surface area contributed by atoms with Crippen molar-refractivity contribution in [3.8, 4) is 6.07 Å². The summed E-state index contributed by atoms with van der Waals surface area (Å²) >= 11 is 0. The average molecular weight is 109 g/mol. The third kappa shape index (κ3) is 0.317. The van der Waals surface area contributed by atoms with Crippen molar-refractivity contribution < 1.29 is 4.74 Å². The van der Waals surface area contributed by atoms with E-state index in [1.54, 1.807) is 0 Å². The lowest BCUT2D eigenvalue weighted by Crippen LogP contribution is -2.30. The molecular weight excluding hydrogens is 102 g/mol. The number of hydrogen-bond acceptors (Lipinski definition) is 2. The van der Waals surface area contributed by atoms with Crippen molar-refractivity contribution in [2.24, 2.45) is 11.3 Å². The standard InChI is InChI=1S/C6H7NO/c7-2-5-1-6(5)3-8-4-6/h5H,1,3-4H2. The topological polar surface area (TPSA) is 33.0 Å². The van der Waals surface area contributed by atoms with Gasteiger partial charge in [-0.15, -0.1) is 0 Å². The van der Waals surface area contributed by atoms with Crippen molar-refractivity contribution in [2.45, 2.75) is 6.42 Å². The Morgan fingerprint density at radius 3 is 2.50 bits per heavy atom. The Balaban J connectivity index is 2.05. The number of ether oxygens (including phenoxy) is 1. The molecule has 2 heteroatoms. The molecule has 1 spiro atoms. The molecule has 0 N–H and O–H groups in total. The largest absolute Gasteiger partial charge is 0.380 e. The molecule has 1 atom stereocenters. The fourth-order valence-electron chi connectivity index (χ4n) is 1.21. The van der Waals surface area contributed by atoms with Crippen LogP contribution in [0.25, 0.3) is 0 Å². The van der Waals surface area contributed by atoms with Gasteiger partial charge in [-0.25, -0.2) is 0 Å². The molecule has 0 aromatic heterocycles. The van der Waals surface area contributed by atoms with Crippen LogP contribution in [0.1, 0.15) is 6.42 Å². The molecule has 2 nitrogen and oxygen atoms in total. The summed E-state index contributed by atoms with van der Waals surface area (Å²) in [6.45, 7) is 1.68. The minimum absolute atomic E-state index is 0.330. The van der Waals surface area contributed by atoms with Crippen molar-refractivity contribution in [3.05, 3.63) is 0 Å². The van der Waals surface area contributed by atoms with Gasteiger partial charge in [-0.05, 0) is 6.42 Å². The van der Waals surface area contributed by atoms with Gasteiger partial charge in [0.15, 0.2) is 0 Å². The Kier molecular flexibility index (Phi) is 0.575. The van der Waals surface area contributed by atoms with E-state index >= 15 is 0 Å². The van der Waals surface area contributed by atoms with Gasteiger partial charge >= 0.3 is 0 Å². The predicted molar refractivity (Wildman–Crippen MR) is 27.0 cm³/mol. The van der Waals surface area contributed by atoms with Crippen LogP contribution in [-0.2, 0) is 4.74 Å². The second-order valence-electron chi connectivity index (χ2n) is 2.74. The van der Waals surface area contributed by atoms with Gasteiger partial charge in [0.1, 0.15) is 0 Å². The molecule has 0 radical (unpaired) electrons. The van der Waals surface area contributed by atoms with Crippen molar-refractivity contribution >= 4 is 0 Å². The molecular formula is C6H7NO. The van der Waals surface area contributed by atoms with Crippen molar-refractivity contribution in [2.75, 3.05) is 13.2 Å². The molecule has 2 rings (SSSR count). The summed E-state index contributed by atoms with van der Waals surface area (Å²) in [6.07, 6.45) is 1.09. The maximum Gasteiger partial charge on any atom is 0.0663 e. The molecule has 8 heavy (non-hydrogen) atoms. The molecule has 1 saturated heterocycles. The Morgan fingerprint density at radius 2 is 2.38 bits per heavy atom. The highest BCUT2D eigenvalue weighted by Crippen LogP contribution is 2.56. The zero-order valence-corrected chi connectivity index (χ0v) is 4.55. The van der Waals surface area contributed by atoms with Crippen LogP contribution in [0.2, 0.25) is 0 Å². The molecule has 1 saturated carbocycles. The molecule has 1 aliphatic carbocycles. The Labute approximate surface area is 48.1 Å². The normalized spacial score (nSPS) is 38.1. The second-order valence-corrected chi connectivity index (χ2v) is 2.74. The van der Waals surface area contributed by atoms with E-state index in [-0.39, 0.29) is 0 Å². The fourth-order valence-corrected chi connectivity index (χ4v) is 1.21. The minimum atomic E-state index is 0.330. The fraction of sp³-hybridized carbons (Fsp3) is 0.833. The van der Waals surface area contributed by atoms with Crippen LogP contribution in [0.4, 0.5) is 0 Å². The number of rotatable bonds is 0. The highest BCUT2D eigenvalue weighted by atomic mass is 16.5. The van der Waals surface area contributed by atoms with E-state index in [9.17, 15) is 0 Å². The van der Waals surface area contributed by atoms with E-state index < -0.39 is 0 Å². The summed E-state index contributed by atoms with van der Waals surface area (Å²) < 4.78 is 4.98. The number of hydrogen-bond donors (Lipinski definition) is 0. The zero-order chi connectivity index (χ0) is 5.61. The Hall–Kier alpha value is -0.550. The van der Waals surface area contributed by atoms with Gasteiger partial charge in [0.25, 0.3) is 0 Å². The number of nitriles is 1. The summed E-state index contributed by atoms with van der Waals surface area (Å²) in [5.41, 5.74) is 0.356. The van der Waals surface area contributed by atoms with Crippen molar-refractivity contribution in [1.82, 2.24) is 0 Å². The maximum atomic E-state index is 8.40. The molecule has 2 fully saturated rings. The van der Waals surface area contributed by atoms with Crippen molar-refractivity contribution in [1.29, 1.82) is 5.26 Å². The van der Waals surface area contributed by atoms with Gasteiger partial charge in [0.05, 0.1) is 25.2 Å². The third-order valence-electron chi connectivity index (χ3n) is 2.12. The van der Waals surface area contributed by atoms with Gasteiger partial charge < -0.3 is 4.74 Å². The lowest BCUT2D eigenvalue weighted by molar-refractivity contribution is -0.0547. The van der Waals surface area contributed by atoms with E-state index in [2.05, 4.69) is 6.07 Å². The SMILES string of the molecule is N#CC1CC12COC2. The highest BCUT2D eigenvalue weighted by Gasteiger charge is 2.59. The maximum absolute atomic E-state index is 8.40. The van der Waals surface area contributed by atoms with E-state index in [0.717, 1.165) is 19.6 Å². The zero-order valence-electron chi connectivity index (χ0n) is 4.55. The first-order chi connectivity index (χ1) is 3.87. The minimum Gasteiger partial charge on any atom is -0.380 e. The summed E-state index contributed by atoms with van der Waals surface area (Å²) in [6, 6.07) is 2.25. The van der Waals surface area contributed by atoms with Crippen LogP contribution < -0.4 is 0 Å². The molecule has 1 aliphatic heterocycles. The summed E-state index contributed by atoms with van der Waals surface area (Å²) in [5, 5.41) is 8.40. The van der Waals surface area contributed by atoms with E-state index in [1.165, 1.54) is 0 Å². The van der Waals surface area contributed by atoms with Crippen LogP contribution in [0.5, 0.6) is 0 Å². The molecule has 1 unspecified atom stereocenters. The molecule has 0 aromatic rings. The average Bonchev–Trinajstić information content (AvgIpc) is 2.36. The first kappa shape index (κ1) is 4.34. The van der Waals surface area contributed by atoms with Crippen LogP contribution in [0, 0.1) is 22.7 Å². The van der Waals surface area contributed by atoms with Gasteiger partial charge in [0.2, 0.25) is 0 Å². The summed E-state index contributed by atoms with van der Waals surface area (Å²) in [7, 11) is 0. The number of nitrogens with zero attached hydrogens (tertiary/aromatic N) is 1. The summed E-state index contributed by atoms with van der Waals surface area (Å²) in [4.78, 5) is 0. The van der Waals surface area contributed by atoms with Crippen LogP contribution in [0.3, 0.4) is 0 Å². The second kappa shape index (κ2) is 1.06. The molecule has 2 aliphatic rings. The smallest absolute Gasteiger partial charge is 0.0663 e. The van der Waals surface area contributed by atoms with E-state index in [1.807, 2.05) is 0 Å². The predicted octanol–water partition coefficient (Wildman–Crippen LogP) is 0.546. The molecule has 0 amide bonds. The van der Waals surface area contributed by atoms with Crippen LogP contribution in [0.15, 0.2) is 0 Å². The lowest BCUT2D eigenvalue weighted by atomic mass is 10.0. The van der Waals surface area contributed by atoms with Crippen molar-refractivity contribution in [3.63, 3.8) is 0 Å². The van der Waals surface area contributed by atoms with Gasteiger partial charge in [0, 0.05) is 5.41 Å². The van der Waals surface area contributed by atoms with Gasteiger partial charge in [-0.1, -0.05) is 0 Å². The molecule has 0 bridgehead atoms. The Morgan fingerprint density at radius 1 is 1.62 bits per heavy atom. The Bertz CT molecular complexity index is 154. The highest BCUT2D eigenvalue weighted by molar-refractivity contribution is 5.15. The van der Waals surface area contributed by atoms with Gasteiger partial charge in [-0.2, -0.15) is 5.26 Å². The molecule has 0 aromatic carbocycles. The first-order valence-electron chi connectivity index (χ1n) is 2.85. The van der Waals surface area contributed by atoms with E-state index in [4.69, 9.17) is 10.00 Å². The molecule has 1 heterocycles. The lowest BCUT2D eigenvalue weighted by Gasteiger charge is -2.25. The summed E-state index contributed by atoms with van der Waals surface area (Å²) in [5.74, 6) is 0.330. The molecule has 42 valence electrons. The van der Waals surface area contributed by atoms with Gasteiger partial charge in [-0.3, -0.25) is 0 Å². The quantitative estimate of drug-likeness (QED) is 0.455. The van der Waals surface area contributed by atoms with E-state index in [0.29, 0.717) is 11.3 Å². The third-order valence-corrected chi connectivity index (χ3v) is 2.12.